The Morgan fingerprint density at radius 3 is 2.88 bits per heavy atom. The maximum Gasteiger partial charge on any atom is 0.269 e. The molecule has 17 heavy (non-hydrogen) atoms. The molecule has 1 rings (SSSR count). The van der Waals surface area contributed by atoms with Gasteiger partial charge in [-0.3, -0.25) is 14.9 Å². The van der Waals surface area contributed by atoms with Gasteiger partial charge in [0.15, 0.2) is 0 Å². The summed E-state index contributed by atoms with van der Waals surface area (Å²) < 4.78 is 0. The van der Waals surface area contributed by atoms with E-state index in [-0.39, 0.29) is 24.1 Å². The molecule has 0 fully saturated rings. The van der Waals surface area contributed by atoms with Gasteiger partial charge in [-0.05, 0) is 12.5 Å². The van der Waals surface area contributed by atoms with Crippen LogP contribution in [0.3, 0.4) is 0 Å². The van der Waals surface area contributed by atoms with Crippen molar-refractivity contribution in [2.24, 2.45) is 5.73 Å². The SMILES string of the molecule is CC(NCCC(N)=O)c1cccc([N+](=O)[O-])c1. The lowest BCUT2D eigenvalue weighted by atomic mass is 10.1. The zero-order valence-corrected chi connectivity index (χ0v) is 9.55. The molecule has 1 aromatic rings. The molecule has 1 aromatic carbocycles. The third-order valence-corrected chi connectivity index (χ3v) is 2.40. The van der Waals surface area contributed by atoms with E-state index in [4.69, 9.17) is 5.73 Å². The Hall–Kier alpha value is -1.95. The molecule has 0 bridgehead atoms. The van der Waals surface area contributed by atoms with Gasteiger partial charge >= 0.3 is 0 Å². The first kappa shape index (κ1) is 13.1. The Balaban J connectivity index is 2.62. The molecule has 1 atom stereocenters. The van der Waals surface area contributed by atoms with Crippen LogP contribution in [0.25, 0.3) is 0 Å². The van der Waals surface area contributed by atoms with Gasteiger partial charge in [-0.2, -0.15) is 0 Å². The Morgan fingerprint density at radius 1 is 1.59 bits per heavy atom. The summed E-state index contributed by atoms with van der Waals surface area (Å²) in [5.41, 5.74) is 5.88. The Kier molecular flexibility index (Phi) is 4.59. The molecule has 1 unspecified atom stereocenters. The maximum atomic E-state index is 10.6. The lowest BCUT2D eigenvalue weighted by Gasteiger charge is -2.13. The highest BCUT2D eigenvalue weighted by atomic mass is 16.6. The number of nitrogens with zero attached hydrogens (tertiary/aromatic N) is 1. The van der Waals surface area contributed by atoms with Crippen LogP contribution in [0.1, 0.15) is 24.9 Å². The highest BCUT2D eigenvalue weighted by Crippen LogP contribution is 2.18. The molecule has 0 spiro atoms. The molecule has 0 aromatic heterocycles. The summed E-state index contributed by atoms with van der Waals surface area (Å²) in [4.78, 5) is 20.7. The number of carbonyl (C=O) groups excluding carboxylic acids is 1. The minimum Gasteiger partial charge on any atom is -0.370 e. The van der Waals surface area contributed by atoms with Crippen molar-refractivity contribution >= 4 is 11.6 Å². The predicted molar refractivity (Wildman–Crippen MR) is 63.3 cm³/mol. The van der Waals surface area contributed by atoms with Gasteiger partial charge in [0.2, 0.25) is 5.91 Å². The predicted octanol–water partition coefficient (Wildman–Crippen LogP) is 1.12. The fourth-order valence-corrected chi connectivity index (χ4v) is 1.44. The van der Waals surface area contributed by atoms with Gasteiger partial charge in [0.25, 0.3) is 5.69 Å². The molecule has 0 aliphatic carbocycles. The number of rotatable bonds is 6. The fourth-order valence-electron chi connectivity index (χ4n) is 1.44. The van der Waals surface area contributed by atoms with Gasteiger partial charge in [-0.15, -0.1) is 0 Å². The summed E-state index contributed by atoms with van der Waals surface area (Å²) in [7, 11) is 0. The number of hydrogen-bond acceptors (Lipinski definition) is 4. The van der Waals surface area contributed by atoms with Crippen LogP contribution in [0.15, 0.2) is 24.3 Å². The van der Waals surface area contributed by atoms with E-state index in [0.29, 0.717) is 6.54 Å². The van der Waals surface area contributed by atoms with E-state index in [2.05, 4.69) is 5.32 Å². The van der Waals surface area contributed by atoms with Crippen molar-refractivity contribution in [3.8, 4) is 0 Å². The number of nitro groups is 1. The summed E-state index contributed by atoms with van der Waals surface area (Å²) in [5.74, 6) is -0.372. The molecular formula is C11H15N3O3. The quantitative estimate of drug-likeness (QED) is 0.572. The third-order valence-electron chi connectivity index (χ3n) is 2.40. The van der Waals surface area contributed by atoms with Crippen LogP contribution in [0.4, 0.5) is 5.69 Å². The van der Waals surface area contributed by atoms with E-state index >= 15 is 0 Å². The summed E-state index contributed by atoms with van der Waals surface area (Å²) in [6.45, 7) is 2.33. The normalized spacial score (nSPS) is 12.1. The molecule has 0 radical (unpaired) electrons. The zero-order chi connectivity index (χ0) is 12.8. The van der Waals surface area contributed by atoms with E-state index < -0.39 is 4.92 Å². The standard InChI is InChI=1S/C11H15N3O3/c1-8(13-6-5-11(12)15)9-3-2-4-10(7-9)14(16)17/h2-4,7-8,13H,5-6H2,1H3,(H2,12,15). The molecule has 0 saturated carbocycles. The van der Waals surface area contributed by atoms with E-state index in [1.165, 1.54) is 12.1 Å². The number of carbonyl (C=O) groups is 1. The van der Waals surface area contributed by atoms with Crippen LogP contribution in [0.2, 0.25) is 0 Å². The Bertz CT molecular complexity index is 420. The molecular weight excluding hydrogens is 222 g/mol. The number of nitrogens with one attached hydrogen (secondary N) is 1. The lowest BCUT2D eigenvalue weighted by molar-refractivity contribution is -0.384. The number of nitrogens with two attached hydrogens (primary N) is 1. The van der Waals surface area contributed by atoms with Crippen molar-refractivity contribution < 1.29 is 9.72 Å². The van der Waals surface area contributed by atoms with Gasteiger partial charge in [0.1, 0.15) is 0 Å². The number of non-ortho nitro benzene ring substituents is 1. The van der Waals surface area contributed by atoms with Crippen molar-refractivity contribution in [1.82, 2.24) is 5.32 Å². The smallest absolute Gasteiger partial charge is 0.269 e. The first-order valence-corrected chi connectivity index (χ1v) is 5.26. The first-order chi connectivity index (χ1) is 8.00. The maximum absolute atomic E-state index is 10.6. The summed E-state index contributed by atoms with van der Waals surface area (Å²) in [5, 5.41) is 13.7. The Labute approximate surface area is 99.0 Å². The summed E-state index contributed by atoms with van der Waals surface area (Å²) in [6.07, 6.45) is 0.249. The average molecular weight is 237 g/mol. The van der Waals surface area contributed by atoms with Gasteiger partial charge in [0, 0.05) is 31.1 Å². The fraction of sp³-hybridized carbons (Fsp3) is 0.364. The Morgan fingerprint density at radius 2 is 2.29 bits per heavy atom. The van der Waals surface area contributed by atoms with Gasteiger partial charge in [-0.25, -0.2) is 0 Å². The van der Waals surface area contributed by atoms with Gasteiger partial charge in [-0.1, -0.05) is 12.1 Å². The van der Waals surface area contributed by atoms with Crippen LogP contribution < -0.4 is 11.1 Å². The van der Waals surface area contributed by atoms with Crippen LogP contribution in [-0.4, -0.2) is 17.4 Å². The second-order valence-corrected chi connectivity index (χ2v) is 3.74. The number of primary amides is 1. The summed E-state index contributed by atoms with van der Waals surface area (Å²) in [6, 6.07) is 6.34. The van der Waals surface area contributed by atoms with Gasteiger partial charge < -0.3 is 11.1 Å². The van der Waals surface area contributed by atoms with E-state index in [0.717, 1.165) is 5.56 Å². The minimum absolute atomic E-state index is 0.0609. The topological polar surface area (TPSA) is 98.3 Å². The molecule has 6 nitrogen and oxygen atoms in total. The molecule has 0 aliphatic heterocycles. The van der Waals surface area contributed by atoms with Crippen LogP contribution in [0, 0.1) is 10.1 Å². The first-order valence-electron chi connectivity index (χ1n) is 5.26. The molecule has 3 N–H and O–H groups in total. The van der Waals surface area contributed by atoms with Gasteiger partial charge in [0.05, 0.1) is 4.92 Å². The van der Waals surface area contributed by atoms with Crippen LogP contribution in [-0.2, 0) is 4.79 Å². The van der Waals surface area contributed by atoms with E-state index in [1.54, 1.807) is 12.1 Å². The minimum atomic E-state index is -0.431. The van der Waals surface area contributed by atoms with E-state index in [1.807, 2.05) is 6.92 Å². The van der Waals surface area contributed by atoms with E-state index in [9.17, 15) is 14.9 Å². The largest absolute Gasteiger partial charge is 0.370 e. The zero-order valence-electron chi connectivity index (χ0n) is 9.55. The van der Waals surface area contributed by atoms with Crippen molar-refractivity contribution in [3.63, 3.8) is 0 Å². The number of nitro benzene ring substituents is 1. The lowest BCUT2D eigenvalue weighted by Crippen LogP contribution is -2.24. The van der Waals surface area contributed by atoms with Crippen molar-refractivity contribution in [2.75, 3.05) is 6.54 Å². The van der Waals surface area contributed by atoms with Crippen molar-refractivity contribution in [3.05, 3.63) is 39.9 Å². The number of benzene rings is 1. The second kappa shape index (κ2) is 5.95. The molecule has 1 amide bonds. The molecule has 6 heteroatoms. The second-order valence-electron chi connectivity index (χ2n) is 3.74. The van der Waals surface area contributed by atoms with Crippen LogP contribution >= 0.6 is 0 Å². The molecule has 0 saturated heterocycles. The molecule has 0 heterocycles. The molecule has 0 aliphatic rings. The van der Waals surface area contributed by atoms with Crippen LogP contribution in [0.5, 0.6) is 0 Å². The van der Waals surface area contributed by atoms with Crippen molar-refractivity contribution in [1.29, 1.82) is 0 Å². The highest BCUT2D eigenvalue weighted by Gasteiger charge is 2.10. The third kappa shape index (κ3) is 4.20. The average Bonchev–Trinajstić information content (AvgIpc) is 2.28. The summed E-state index contributed by atoms with van der Waals surface area (Å²) >= 11 is 0. The number of hydrogen-bond donors (Lipinski definition) is 2. The molecule has 92 valence electrons. The highest BCUT2D eigenvalue weighted by molar-refractivity contribution is 5.73. The monoisotopic (exact) mass is 237 g/mol. The van der Waals surface area contributed by atoms with Crippen molar-refractivity contribution in [2.45, 2.75) is 19.4 Å². The number of amides is 1.